The number of hydrogen-bond donors (Lipinski definition) is 2. The summed E-state index contributed by atoms with van der Waals surface area (Å²) in [5.41, 5.74) is 4.60. The number of ether oxygens (including phenoxy) is 1. The van der Waals surface area contributed by atoms with E-state index in [1.54, 1.807) is 18.5 Å². The van der Waals surface area contributed by atoms with Gasteiger partial charge in [-0.3, -0.25) is 10.00 Å². The Balaban J connectivity index is 1.16. The molecule has 2 aromatic carbocycles. The van der Waals surface area contributed by atoms with Gasteiger partial charge in [-0.25, -0.2) is 23.5 Å². The van der Waals surface area contributed by atoms with E-state index in [1.165, 1.54) is 4.90 Å². The zero-order valence-corrected chi connectivity index (χ0v) is 18.0. The van der Waals surface area contributed by atoms with Crippen molar-refractivity contribution in [1.82, 2.24) is 25.1 Å². The van der Waals surface area contributed by atoms with Crippen LogP contribution in [0.1, 0.15) is 24.0 Å². The summed E-state index contributed by atoms with van der Waals surface area (Å²) in [6, 6.07) is 13.5. The number of anilines is 2. The molecule has 172 valence electrons. The summed E-state index contributed by atoms with van der Waals surface area (Å²) in [5.74, 6) is -1.52. The third kappa shape index (κ3) is 3.91. The van der Waals surface area contributed by atoms with Gasteiger partial charge in [-0.2, -0.15) is 5.10 Å². The van der Waals surface area contributed by atoms with Gasteiger partial charge in [0.15, 0.2) is 5.82 Å². The Labute approximate surface area is 193 Å². The maximum atomic E-state index is 13.0. The summed E-state index contributed by atoms with van der Waals surface area (Å²) >= 11 is 0. The molecule has 1 fully saturated rings. The Morgan fingerprint density at radius 3 is 2.82 bits per heavy atom. The number of aromatic nitrogens is 4. The van der Waals surface area contributed by atoms with E-state index in [0.29, 0.717) is 24.7 Å². The Morgan fingerprint density at radius 1 is 1.12 bits per heavy atom. The van der Waals surface area contributed by atoms with Crippen LogP contribution < -0.4 is 5.32 Å². The Bertz CT molecular complexity index is 1400. The summed E-state index contributed by atoms with van der Waals surface area (Å²) < 4.78 is 31.2. The van der Waals surface area contributed by atoms with Crippen LogP contribution in [0.4, 0.5) is 25.1 Å². The molecule has 1 aliphatic heterocycles. The fourth-order valence-corrected chi connectivity index (χ4v) is 4.31. The SMILES string of the molecule is O=C(OC1CC(F)(F)C1)N1Cc2ccc(-c3nccc(Nc4ccc5[nH]ncc5c4)n3)cc2C1. The van der Waals surface area contributed by atoms with Gasteiger partial charge in [-0.15, -0.1) is 0 Å². The van der Waals surface area contributed by atoms with Crippen LogP contribution in [0.2, 0.25) is 0 Å². The van der Waals surface area contributed by atoms with Crippen LogP contribution >= 0.6 is 0 Å². The molecule has 6 rings (SSSR count). The van der Waals surface area contributed by atoms with Gasteiger partial charge in [0.2, 0.25) is 0 Å². The summed E-state index contributed by atoms with van der Waals surface area (Å²) in [5, 5.41) is 11.2. The van der Waals surface area contributed by atoms with Crippen LogP contribution in [-0.4, -0.2) is 43.2 Å². The predicted octanol–water partition coefficient (Wildman–Crippen LogP) is 5.01. The molecule has 2 aromatic heterocycles. The maximum Gasteiger partial charge on any atom is 0.410 e. The first kappa shape index (κ1) is 20.5. The van der Waals surface area contributed by atoms with Gasteiger partial charge in [-0.05, 0) is 41.5 Å². The molecular formula is C24H20F2N6O2. The topological polar surface area (TPSA) is 96.0 Å². The van der Waals surface area contributed by atoms with E-state index in [0.717, 1.165) is 33.3 Å². The molecule has 0 saturated heterocycles. The van der Waals surface area contributed by atoms with Crippen LogP contribution in [0, 0.1) is 0 Å². The fourth-order valence-electron chi connectivity index (χ4n) is 4.31. The minimum absolute atomic E-state index is 0.355. The fraction of sp³-hybridized carbons (Fsp3) is 0.250. The minimum atomic E-state index is -2.72. The van der Waals surface area contributed by atoms with Crippen LogP contribution in [0.3, 0.4) is 0 Å². The number of aromatic amines is 1. The standard InChI is InChI=1S/C24H20F2N6O2/c25-24(26)9-19(10-24)34-23(33)32-12-15-2-1-14(7-17(15)13-32)22-27-6-5-21(30-22)29-18-3-4-20-16(8-18)11-28-31-20/h1-8,11,19H,9-10,12-13H2,(H,28,31)(H,27,29,30). The number of carbonyl (C=O) groups excluding carboxylic acids is 1. The number of carbonyl (C=O) groups is 1. The normalized spacial score (nSPS) is 16.8. The van der Waals surface area contributed by atoms with Crippen LogP contribution in [-0.2, 0) is 17.8 Å². The highest BCUT2D eigenvalue weighted by Gasteiger charge is 2.48. The summed E-state index contributed by atoms with van der Waals surface area (Å²) in [4.78, 5) is 22.9. The molecule has 2 N–H and O–H groups in total. The first-order valence-corrected chi connectivity index (χ1v) is 10.9. The molecule has 0 unspecified atom stereocenters. The first-order valence-electron chi connectivity index (χ1n) is 10.9. The highest BCUT2D eigenvalue weighted by Crippen LogP contribution is 2.40. The molecule has 34 heavy (non-hydrogen) atoms. The van der Waals surface area contributed by atoms with Crippen LogP contribution in [0.25, 0.3) is 22.3 Å². The maximum absolute atomic E-state index is 13.0. The number of benzene rings is 2. The largest absolute Gasteiger partial charge is 0.446 e. The van der Waals surface area contributed by atoms with Crippen molar-refractivity contribution >= 4 is 28.5 Å². The van der Waals surface area contributed by atoms with E-state index in [1.807, 2.05) is 36.4 Å². The van der Waals surface area contributed by atoms with Gasteiger partial charge >= 0.3 is 6.09 Å². The highest BCUT2D eigenvalue weighted by molar-refractivity contribution is 5.82. The summed E-state index contributed by atoms with van der Waals surface area (Å²) in [7, 11) is 0. The molecule has 2 aliphatic rings. The number of H-pyrrole nitrogens is 1. The number of nitrogens with one attached hydrogen (secondary N) is 2. The molecule has 1 saturated carbocycles. The smallest absolute Gasteiger partial charge is 0.410 e. The van der Waals surface area contributed by atoms with E-state index in [2.05, 4.69) is 25.5 Å². The highest BCUT2D eigenvalue weighted by atomic mass is 19.3. The van der Waals surface area contributed by atoms with Crippen molar-refractivity contribution < 1.29 is 18.3 Å². The van der Waals surface area contributed by atoms with Crippen molar-refractivity contribution in [3.05, 3.63) is 66.0 Å². The number of amides is 1. The second-order valence-corrected chi connectivity index (χ2v) is 8.67. The van der Waals surface area contributed by atoms with Crippen LogP contribution in [0.5, 0.6) is 0 Å². The molecule has 3 heterocycles. The molecule has 0 bridgehead atoms. The lowest BCUT2D eigenvalue weighted by Crippen LogP contribution is -2.44. The van der Waals surface area contributed by atoms with Gasteiger partial charge in [-0.1, -0.05) is 12.1 Å². The lowest BCUT2D eigenvalue weighted by molar-refractivity contribution is -0.148. The molecule has 10 heteroatoms. The number of alkyl halides is 2. The molecule has 4 aromatic rings. The number of hydrogen-bond acceptors (Lipinski definition) is 6. The van der Waals surface area contributed by atoms with E-state index >= 15 is 0 Å². The van der Waals surface area contributed by atoms with E-state index in [4.69, 9.17) is 4.74 Å². The van der Waals surface area contributed by atoms with Crippen molar-refractivity contribution in [3.8, 4) is 11.4 Å². The molecule has 8 nitrogen and oxygen atoms in total. The van der Waals surface area contributed by atoms with E-state index in [9.17, 15) is 13.6 Å². The number of rotatable bonds is 4. The summed E-state index contributed by atoms with van der Waals surface area (Å²) in [6.07, 6.45) is 1.38. The molecule has 1 aliphatic carbocycles. The van der Waals surface area contributed by atoms with Crippen molar-refractivity contribution in [2.75, 3.05) is 5.32 Å². The zero-order valence-electron chi connectivity index (χ0n) is 18.0. The van der Waals surface area contributed by atoms with E-state index < -0.39 is 31.0 Å². The van der Waals surface area contributed by atoms with Gasteiger partial charge in [0, 0.05) is 48.8 Å². The van der Waals surface area contributed by atoms with Crippen LogP contribution in [0.15, 0.2) is 54.9 Å². The van der Waals surface area contributed by atoms with Gasteiger partial charge in [0.25, 0.3) is 5.92 Å². The average Bonchev–Trinajstić information content (AvgIpc) is 3.44. The van der Waals surface area contributed by atoms with Crippen molar-refractivity contribution in [2.45, 2.75) is 38.0 Å². The summed E-state index contributed by atoms with van der Waals surface area (Å²) in [6.45, 7) is 0.740. The second kappa shape index (κ2) is 7.75. The quantitative estimate of drug-likeness (QED) is 0.443. The molecule has 0 radical (unpaired) electrons. The number of fused-ring (bicyclic) bond motifs is 2. The lowest BCUT2D eigenvalue weighted by atomic mass is 9.91. The monoisotopic (exact) mass is 462 g/mol. The first-order chi connectivity index (χ1) is 16.4. The lowest BCUT2D eigenvalue weighted by Gasteiger charge is -2.34. The van der Waals surface area contributed by atoms with Crippen molar-refractivity contribution in [1.29, 1.82) is 0 Å². The Morgan fingerprint density at radius 2 is 1.97 bits per heavy atom. The predicted molar refractivity (Wildman–Crippen MR) is 121 cm³/mol. The average molecular weight is 462 g/mol. The van der Waals surface area contributed by atoms with Gasteiger partial charge in [0.1, 0.15) is 11.9 Å². The third-order valence-corrected chi connectivity index (χ3v) is 6.13. The van der Waals surface area contributed by atoms with Gasteiger partial charge < -0.3 is 10.1 Å². The molecular weight excluding hydrogens is 442 g/mol. The zero-order chi connectivity index (χ0) is 23.3. The Kier molecular flexibility index (Phi) is 4.68. The van der Waals surface area contributed by atoms with Crippen molar-refractivity contribution in [3.63, 3.8) is 0 Å². The van der Waals surface area contributed by atoms with Gasteiger partial charge in [0.05, 0.1) is 11.7 Å². The minimum Gasteiger partial charge on any atom is -0.446 e. The second-order valence-electron chi connectivity index (χ2n) is 8.67. The number of halogens is 2. The van der Waals surface area contributed by atoms with Crippen molar-refractivity contribution in [2.24, 2.45) is 0 Å². The Hall–Kier alpha value is -4.08. The molecule has 1 amide bonds. The molecule has 0 atom stereocenters. The third-order valence-electron chi connectivity index (χ3n) is 6.13. The number of nitrogens with zero attached hydrogens (tertiary/aromatic N) is 4. The van der Waals surface area contributed by atoms with E-state index in [-0.39, 0.29) is 0 Å². The molecule has 0 spiro atoms.